The van der Waals surface area contributed by atoms with Crippen molar-refractivity contribution in [1.82, 2.24) is 0 Å². The standard InChI is InChI=1S/C15H14O6/c1-7-6-10(17)15(20)13(19)11-8(16)4-3-5-9(11)21-14(15,2)12(7)18/h3-6,12,16,18,20H,1-2H3. The van der Waals surface area contributed by atoms with Crippen LogP contribution < -0.4 is 4.74 Å². The molecule has 3 unspecified atom stereocenters. The number of ether oxygens (including phenoxy) is 1. The van der Waals surface area contributed by atoms with E-state index in [9.17, 15) is 24.9 Å². The van der Waals surface area contributed by atoms with Gasteiger partial charge in [-0.1, -0.05) is 6.07 Å². The fourth-order valence-corrected chi connectivity index (χ4v) is 2.98. The van der Waals surface area contributed by atoms with Gasteiger partial charge in [-0.2, -0.15) is 0 Å². The zero-order valence-electron chi connectivity index (χ0n) is 11.5. The van der Waals surface area contributed by atoms with Crippen molar-refractivity contribution in [2.45, 2.75) is 31.2 Å². The molecule has 3 atom stereocenters. The Morgan fingerprint density at radius 3 is 2.62 bits per heavy atom. The van der Waals surface area contributed by atoms with Crippen LogP contribution in [0.1, 0.15) is 24.2 Å². The quantitative estimate of drug-likeness (QED) is 0.595. The average Bonchev–Trinajstić information content (AvgIpc) is 2.42. The molecule has 1 aromatic carbocycles. The first-order valence-corrected chi connectivity index (χ1v) is 6.42. The van der Waals surface area contributed by atoms with Crippen LogP contribution in [-0.4, -0.2) is 44.2 Å². The number of ketones is 2. The molecule has 0 spiro atoms. The first-order valence-electron chi connectivity index (χ1n) is 6.42. The second-order valence-corrected chi connectivity index (χ2v) is 5.55. The van der Waals surface area contributed by atoms with Crippen LogP contribution in [0.5, 0.6) is 11.5 Å². The molecule has 2 aliphatic rings. The molecule has 3 rings (SSSR count). The van der Waals surface area contributed by atoms with Crippen molar-refractivity contribution in [2.24, 2.45) is 0 Å². The topological polar surface area (TPSA) is 104 Å². The number of aromatic hydroxyl groups is 1. The van der Waals surface area contributed by atoms with Gasteiger partial charge < -0.3 is 20.1 Å². The Kier molecular flexibility index (Phi) is 2.58. The summed E-state index contributed by atoms with van der Waals surface area (Å²) >= 11 is 0. The van der Waals surface area contributed by atoms with Gasteiger partial charge in [0.2, 0.25) is 11.4 Å². The van der Waals surface area contributed by atoms with Gasteiger partial charge in [-0.05, 0) is 37.6 Å². The lowest BCUT2D eigenvalue weighted by atomic mass is 9.65. The number of hydrogen-bond acceptors (Lipinski definition) is 6. The highest BCUT2D eigenvalue weighted by atomic mass is 16.5. The van der Waals surface area contributed by atoms with Gasteiger partial charge in [0.1, 0.15) is 23.2 Å². The molecule has 1 heterocycles. The highest BCUT2D eigenvalue weighted by Gasteiger charge is 2.68. The maximum absolute atomic E-state index is 12.6. The first-order chi connectivity index (χ1) is 9.73. The van der Waals surface area contributed by atoms with Crippen molar-refractivity contribution in [2.75, 3.05) is 0 Å². The number of aliphatic hydroxyl groups is 2. The minimum Gasteiger partial charge on any atom is -0.507 e. The fourth-order valence-electron chi connectivity index (χ4n) is 2.98. The number of Topliss-reactive ketones (excluding diaryl/α,β-unsaturated/α-hetero) is 1. The maximum atomic E-state index is 12.6. The van der Waals surface area contributed by atoms with Crippen molar-refractivity contribution in [3.63, 3.8) is 0 Å². The number of carbonyl (C=O) groups is 2. The van der Waals surface area contributed by atoms with Crippen molar-refractivity contribution >= 4 is 11.6 Å². The summed E-state index contributed by atoms with van der Waals surface area (Å²) in [4.78, 5) is 24.8. The van der Waals surface area contributed by atoms with Gasteiger partial charge in [-0.3, -0.25) is 9.59 Å². The summed E-state index contributed by atoms with van der Waals surface area (Å²) in [6.07, 6.45) is -0.307. The largest absolute Gasteiger partial charge is 0.507 e. The Balaban J connectivity index is 2.32. The summed E-state index contributed by atoms with van der Waals surface area (Å²) in [7, 11) is 0. The summed E-state index contributed by atoms with van der Waals surface area (Å²) in [5.41, 5.74) is -4.38. The van der Waals surface area contributed by atoms with Crippen LogP contribution in [0.4, 0.5) is 0 Å². The van der Waals surface area contributed by atoms with E-state index >= 15 is 0 Å². The predicted octanol–water partition coefficient (Wildman–Crippen LogP) is 0.347. The molecule has 21 heavy (non-hydrogen) atoms. The molecule has 1 aromatic rings. The molecule has 0 bridgehead atoms. The third-order valence-electron chi connectivity index (χ3n) is 4.27. The Morgan fingerprint density at radius 2 is 1.95 bits per heavy atom. The number of fused-ring (bicyclic) bond motifs is 2. The van der Waals surface area contributed by atoms with E-state index in [4.69, 9.17) is 4.74 Å². The van der Waals surface area contributed by atoms with Crippen molar-refractivity contribution in [3.8, 4) is 11.5 Å². The smallest absolute Gasteiger partial charge is 0.233 e. The molecule has 0 amide bonds. The maximum Gasteiger partial charge on any atom is 0.233 e. The summed E-state index contributed by atoms with van der Waals surface area (Å²) in [6.45, 7) is 2.82. The SMILES string of the molecule is CC1=CC(=O)C2(O)C(=O)c3c(O)cccc3OC2(C)C1O. The van der Waals surface area contributed by atoms with E-state index < -0.39 is 28.9 Å². The van der Waals surface area contributed by atoms with E-state index in [1.54, 1.807) is 0 Å². The minimum absolute atomic E-state index is 0.0220. The molecule has 6 nitrogen and oxygen atoms in total. The number of hydrogen-bond donors (Lipinski definition) is 3. The first kappa shape index (κ1) is 13.8. The molecule has 0 aromatic heterocycles. The molecule has 110 valence electrons. The minimum atomic E-state index is -2.57. The number of carbonyl (C=O) groups excluding carboxylic acids is 2. The number of phenols is 1. The fraction of sp³-hybridized carbons (Fsp3) is 0.333. The van der Waals surface area contributed by atoms with E-state index in [-0.39, 0.29) is 17.1 Å². The molecule has 0 saturated heterocycles. The molecule has 0 fully saturated rings. The Morgan fingerprint density at radius 1 is 1.29 bits per heavy atom. The number of aliphatic hydroxyl groups excluding tert-OH is 1. The van der Waals surface area contributed by atoms with Crippen LogP contribution >= 0.6 is 0 Å². The normalized spacial score (nSPS) is 34.7. The van der Waals surface area contributed by atoms with Crippen LogP contribution in [0.25, 0.3) is 0 Å². The molecular formula is C15H14O6. The van der Waals surface area contributed by atoms with Gasteiger partial charge >= 0.3 is 0 Å². The lowest BCUT2D eigenvalue weighted by Crippen LogP contribution is -2.73. The lowest BCUT2D eigenvalue weighted by Gasteiger charge is -2.50. The molecule has 0 radical (unpaired) electrons. The second-order valence-electron chi connectivity index (χ2n) is 5.55. The van der Waals surface area contributed by atoms with E-state index in [0.717, 1.165) is 6.08 Å². The monoisotopic (exact) mass is 290 g/mol. The zero-order valence-corrected chi connectivity index (χ0v) is 11.5. The highest BCUT2D eigenvalue weighted by molar-refractivity contribution is 6.24. The van der Waals surface area contributed by atoms with Crippen LogP contribution in [0.3, 0.4) is 0 Å². The molecular weight excluding hydrogens is 276 g/mol. The van der Waals surface area contributed by atoms with Crippen molar-refractivity contribution in [1.29, 1.82) is 0 Å². The zero-order chi connectivity index (χ0) is 15.6. The Bertz CT molecular complexity index is 706. The van der Waals surface area contributed by atoms with Gasteiger partial charge in [0.05, 0.1) is 0 Å². The second kappa shape index (κ2) is 3.93. The predicted molar refractivity (Wildman–Crippen MR) is 71.2 cm³/mol. The van der Waals surface area contributed by atoms with Crippen LogP contribution in [0, 0.1) is 0 Å². The van der Waals surface area contributed by atoms with Gasteiger partial charge in [-0.25, -0.2) is 0 Å². The van der Waals surface area contributed by atoms with E-state index in [1.165, 1.54) is 32.0 Å². The third kappa shape index (κ3) is 1.43. The van der Waals surface area contributed by atoms with Crippen molar-refractivity contribution in [3.05, 3.63) is 35.4 Å². The average molecular weight is 290 g/mol. The van der Waals surface area contributed by atoms with Crippen LogP contribution in [0.15, 0.2) is 29.8 Å². The van der Waals surface area contributed by atoms with Crippen LogP contribution in [0.2, 0.25) is 0 Å². The van der Waals surface area contributed by atoms with Gasteiger partial charge in [0.15, 0.2) is 11.4 Å². The molecule has 6 heteroatoms. The summed E-state index contributed by atoms with van der Waals surface area (Å²) in [5, 5.41) is 30.8. The number of rotatable bonds is 0. The number of benzene rings is 1. The van der Waals surface area contributed by atoms with E-state index in [2.05, 4.69) is 0 Å². The molecule has 0 saturated carbocycles. The molecule has 1 aliphatic heterocycles. The lowest BCUT2D eigenvalue weighted by molar-refractivity contribution is -0.170. The molecule has 3 N–H and O–H groups in total. The van der Waals surface area contributed by atoms with E-state index in [1.807, 2.05) is 0 Å². The van der Waals surface area contributed by atoms with Crippen LogP contribution in [-0.2, 0) is 4.79 Å². The van der Waals surface area contributed by atoms with Gasteiger partial charge in [0, 0.05) is 0 Å². The Labute approximate surface area is 120 Å². The number of phenolic OH excluding ortho intramolecular Hbond substituents is 1. The van der Waals surface area contributed by atoms with E-state index in [0.29, 0.717) is 5.57 Å². The highest BCUT2D eigenvalue weighted by Crippen LogP contribution is 2.47. The summed E-state index contributed by atoms with van der Waals surface area (Å²) in [6, 6.07) is 4.16. The van der Waals surface area contributed by atoms with Crippen molar-refractivity contribution < 1.29 is 29.6 Å². The summed E-state index contributed by atoms with van der Waals surface area (Å²) in [5.74, 6) is -2.21. The third-order valence-corrected chi connectivity index (χ3v) is 4.27. The molecule has 1 aliphatic carbocycles. The van der Waals surface area contributed by atoms with Gasteiger partial charge in [0.25, 0.3) is 0 Å². The van der Waals surface area contributed by atoms with Gasteiger partial charge in [-0.15, -0.1) is 0 Å². The Hall–Kier alpha value is -2.18. The summed E-state index contributed by atoms with van der Waals surface area (Å²) < 4.78 is 5.59.